The fourth-order valence-corrected chi connectivity index (χ4v) is 3.14. The summed E-state index contributed by atoms with van der Waals surface area (Å²) in [5, 5.41) is 14.1. The van der Waals surface area contributed by atoms with Gasteiger partial charge in [0.2, 0.25) is 17.0 Å². The van der Waals surface area contributed by atoms with Crippen molar-refractivity contribution in [3.05, 3.63) is 21.6 Å². The number of aromatic nitrogens is 2. The van der Waals surface area contributed by atoms with Crippen LogP contribution in [0.5, 0.6) is 0 Å². The zero-order chi connectivity index (χ0) is 15.0. The van der Waals surface area contributed by atoms with Crippen molar-refractivity contribution >= 4 is 29.0 Å². The number of carbonyl (C=O) groups is 1. The van der Waals surface area contributed by atoms with Gasteiger partial charge >= 0.3 is 5.69 Å². The van der Waals surface area contributed by atoms with Crippen molar-refractivity contribution < 1.29 is 9.72 Å². The van der Waals surface area contributed by atoms with Crippen LogP contribution in [0.4, 0.5) is 11.5 Å². The summed E-state index contributed by atoms with van der Waals surface area (Å²) >= 11 is 5.77. The fourth-order valence-electron chi connectivity index (χ4n) is 3.01. The van der Waals surface area contributed by atoms with Crippen molar-refractivity contribution in [1.82, 2.24) is 15.3 Å². The number of halogens is 1. The number of nitrogens with one attached hydrogen (secondary N) is 1. The van der Waals surface area contributed by atoms with Gasteiger partial charge in [-0.1, -0.05) is 0 Å². The van der Waals surface area contributed by atoms with E-state index in [2.05, 4.69) is 15.3 Å². The SMILES string of the molecule is O=C1CCC2CN(c3nc(Cl)ncc3[N+](=O)[O-])CCC2N1. The van der Waals surface area contributed by atoms with Crippen molar-refractivity contribution in [3.8, 4) is 0 Å². The van der Waals surface area contributed by atoms with Crippen LogP contribution < -0.4 is 10.2 Å². The highest BCUT2D eigenvalue weighted by Crippen LogP contribution is 2.32. The molecule has 0 spiro atoms. The van der Waals surface area contributed by atoms with E-state index in [1.807, 2.05) is 4.90 Å². The fraction of sp³-hybridized carbons (Fsp3) is 0.583. The van der Waals surface area contributed by atoms with E-state index >= 15 is 0 Å². The van der Waals surface area contributed by atoms with Crippen LogP contribution in [-0.2, 0) is 4.79 Å². The van der Waals surface area contributed by atoms with Crippen LogP contribution in [-0.4, -0.2) is 39.9 Å². The minimum atomic E-state index is -0.500. The molecule has 3 rings (SSSR count). The van der Waals surface area contributed by atoms with E-state index in [0.717, 1.165) is 19.0 Å². The van der Waals surface area contributed by atoms with Crippen LogP contribution in [0.3, 0.4) is 0 Å². The van der Waals surface area contributed by atoms with Gasteiger partial charge in [-0.05, 0) is 30.4 Å². The lowest BCUT2D eigenvalue weighted by Crippen LogP contribution is -2.54. The molecule has 1 N–H and O–H groups in total. The normalized spacial score (nSPS) is 25.2. The zero-order valence-electron chi connectivity index (χ0n) is 11.2. The highest BCUT2D eigenvalue weighted by molar-refractivity contribution is 6.28. The van der Waals surface area contributed by atoms with E-state index in [9.17, 15) is 14.9 Å². The summed E-state index contributed by atoms with van der Waals surface area (Å²) in [7, 11) is 0. The average Bonchev–Trinajstić information content (AvgIpc) is 2.46. The molecule has 2 aliphatic heterocycles. The summed E-state index contributed by atoms with van der Waals surface area (Å²) in [6.07, 6.45) is 3.18. The molecule has 2 atom stereocenters. The largest absolute Gasteiger partial charge is 0.353 e. The predicted octanol–water partition coefficient (Wildman–Crippen LogP) is 1.14. The van der Waals surface area contributed by atoms with Crippen molar-refractivity contribution in [2.24, 2.45) is 5.92 Å². The van der Waals surface area contributed by atoms with Gasteiger partial charge in [-0.15, -0.1) is 0 Å². The maximum Gasteiger partial charge on any atom is 0.329 e. The molecule has 2 aliphatic rings. The number of amides is 1. The molecule has 21 heavy (non-hydrogen) atoms. The minimum Gasteiger partial charge on any atom is -0.353 e. The molecule has 0 aromatic carbocycles. The number of nitrogens with zero attached hydrogens (tertiary/aromatic N) is 4. The van der Waals surface area contributed by atoms with Gasteiger partial charge in [-0.25, -0.2) is 4.98 Å². The van der Waals surface area contributed by atoms with Gasteiger partial charge in [-0.3, -0.25) is 14.9 Å². The minimum absolute atomic E-state index is 0.00493. The third-order valence-electron chi connectivity index (χ3n) is 4.04. The zero-order valence-corrected chi connectivity index (χ0v) is 11.9. The summed E-state index contributed by atoms with van der Waals surface area (Å²) in [4.78, 5) is 31.6. The van der Waals surface area contributed by atoms with Crippen LogP contribution >= 0.6 is 11.6 Å². The summed E-state index contributed by atoms with van der Waals surface area (Å²) in [6, 6.07) is 0.152. The lowest BCUT2D eigenvalue weighted by Gasteiger charge is -2.41. The molecule has 1 aromatic heterocycles. The first-order valence-electron chi connectivity index (χ1n) is 6.76. The lowest BCUT2D eigenvalue weighted by molar-refractivity contribution is -0.384. The van der Waals surface area contributed by atoms with Crippen molar-refractivity contribution in [1.29, 1.82) is 0 Å². The Kier molecular flexibility index (Phi) is 3.62. The molecule has 1 amide bonds. The quantitative estimate of drug-likeness (QED) is 0.499. The van der Waals surface area contributed by atoms with E-state index in [1.54, 1.807) is 0 Å². The second-order valence-electron chi connectivity index (χ2n) is 5.31. The average molecular weight is 312 g/mol. The van der Waals surface area contributed by atoms with Crippen molar-refractivity contribution in [2.45, 2.75) is 25.3 Å². The van der Waals surface area contributed by atoms with E-state index in [0.29, 0.717) is 19.5 Å². The van der Waals surface area contributed by atoms with Crippen LogP contribution in [0.2, 0.25) is 5.28 Å². The molecule has 0 radical (unpaired) electrons. The first kappa shape index (κ1) is 14.0. The number of fused-ring (bicyclic) bond motifs is 1. The Bertz CT molecular complexity index is 596. The van der Waals surface area contributed by atoms with Gasteiger partial charge in [0.05, 0.1) is 4.92 Å². The number of hydrogen-bond donors (Lipinski definition) is 1. The van der Waals surface area contributed by atoms with Crippen LogP contribution in [0, 0.1) is 16.0 Å². The predicted molar refractivity (Wildman–Crippen MR) is 75.2 cm³/mol. The number of hydrogen-bond acceptors (Lipinski definition) is 6. The summed E-state index contributed by atoms with van der Waals surface area (Å²) in [5.41, 5.74) is -0.141. The maximum atomic E-state index is 11.4. The number of rotatable bonds is 2. The third kappa shape index (κ3) is 2.76. The van der Waals surface area contributed by atoms with Gasteiger partial charge < -0.3 is 10.2 Å². The van der Waals surface area contributed by atoms with Gasteiger partial charge in [0.25, 0.3) is 0 Å². The number of carbonyl (C=O) groups excluding carboxylic acids is 1. The van der Waals surface area contributed by atoms with E-state index in [1.165, 1.54) is 0 Å². The molecule has 9 heteroatoms. The second-order valence-corrected chi connectivity index (χ2v) is 5.65. The standard InChI is InChI=1S/C12H14ClN5O3/c13-12-14-5-9(18(20)21)11(16-12)17-4-3-8-7(6-17)1-2-10(19)15-8/h5,7-8H,1-4,6H2,(H,15,19). The molecule has 1 aromatic rings. The molecule has 2 unspecified atom stereocenters. The van der Waals surface area contributed by atoms with Crippen LogP contribution in [0.1, 0.15) is 19.3 Å². The summed E-state index contributed by atoms with van der Waals surface area (Å²) < 4.78 is 0. The Morgan fingerprint density at radius 3 is 3.05 bits per heavy atom. The van der Waals surface area contributed by atoms with Crippen LogP contribution in [0.25, 0.3) is 0 Å². The Labute approximate surface area is 125 Å². The van der Waals surface area contributed by atoms with Crippen LogP contribution in [0.15, 0.2) is 6.20 Å². The number of nitro groups is 1. The molecule has 0 aliphatic carbocycles. The number of piperidine rings is 2. The van der Waals surface area contributed by atoms with E-state index in [4.69, 9.17) is 11.6 Å². The van der Waals surface area contributed by atoms with Gasteiger partial charge in [0, 0.05) is 25.6 Å². The van der Waals surface area contributed by atoms with Gasteiger partial charge in [0.1, 0.15) is 6.20 Å². The monoisotopic (exact) mass is 311 g/mol. The Morgan fingerprint density at radius 1 is 1.48 bits per heavy atom. The van der Waals surface area contributed by atoms with E-state index in [-0.39, 0.29) is 34.7 Å². The summed E-state index contributed by atoms with van der Waals surface area (Å²) in [5.74, 6) is 0.626. The number of anilines is 1. The maximum absolute atomic E-state index is 11.4. The van der Waals surface area contributed by atoms with Gasteiger partial charge in [0.15, 0.2) is 0 Å². The smallest absolute Gasteiger partial charge is 0.329 e. The molecule has 2 fully saturated rings. The highest BCUT2D eigenvalue weighted by atomic mass is 35.5. The van der Waals surface area contributed by atoms with Gasteiger partial charge in [-0.2, -0.15) is 4.98 Å². The van der Waals surface area contributed by atoms with Crippen molar-refractivity contribution in [2.75, 3.05) is 18.0 Å². The molecule has 2 saturated heterocycles. The molecule has 0 saturated carbocycles. The third-order valence-corrected chi connectivity index (χ3v) is 4.22. The molecule has 3 heterocycles. The first-order valence-corrected chi connectivity index (χ1v) is 7.13. The second kappa shape index (κ2) is 5.44. The molecule has 0 bridgehead atoms. The lowest BCUT2D eigenvalue weighted by atomic mass is 9.85. The molecule has 112 valence electrons. The van der Waals surface area contributed by atoms with E-state index < -0.39 is 4.92 Å². The molecular weight excluding hydrogens is 298 g/mol. The summed E-state index contributed by atoms with van der Waals surface area (Å²) in [6.45, 7) is 1.22. The topological polar surface area (TPSA) is 101 Å². The Balaban J connectivity index is 1.84. The van der Waals surface area contributed by atoms with Crippen molar-refractivity contribution in [3.63, 3.8) is 0 Å². The first-order chi connectivity index (χ1) is 10.0. The Hall–Kier alpha value is -1.96. The molecular formula is C12H14ClN5O3. The molecule has 8 nitrogen and oxygen atoms in total. The highest BCUT2D eigenvalue weighted by Gasteiger charge is 2.36. The Morgan fingerprint density at radius 2 is 2.29 bits per heavy atom.